The Morgan fingerprint density at radius 2 is 2.08 bits per heavy atom. The number of aromatic amines is 1. The zero-order valence-corrected chi connectivity index (χ0v) is 15.6. The van der Waals surface area contributed by atoms with Crippen LogP contribution >= 0.6 is 0 Å². The van der Waals surface area contributed by atoms with Gasteiger partial charge in [0.2, 0.25) is 5.95 Å². The highest BCUT2D eigenvalue weighted by atomic mass is 15.2. The monoisotopic (exact) mass is 350 g/mol. The molecule has 2 aromatic heterocycles. The fourth-order valence-corrected chi connectivity index (χ4v) is 3.94. The van der Waals surface area contributed by atoms with E-state index in [1.54, 1.807) is 0 Å². The summed E-state index contributed by atoms with van der Waals surface area (Å²) in [6.45, 7) is 6.23. The van der Waals surface area contributed by atoms with Crippen molar-refractivity contribution in [3.63, 3.8) is 0 Å². The lowest BCUT2D eigenvalue weighted by Gasteiger charge is -2.35. The van der Waals surface area contributed by atoms with E-state index >= 15 is 0 Å². The number of hydrogen-bond donors (Lipinski definition) is 3. The van der Waals surface area contributed by atoms with Crippen molar-refractivity contribution in [3.05, 3.63) is 35.5 Å². The first-order valence-electron chi connectivity index (χ1n) is 9.26. The molecule has 1 aromatic carbocycles. The van der Waals surface area contributed by atoms with Crippen molar-refractivity contribution in [2.75, 3.05) is 5.32 Å². The van der Waals surface area contributed by atoms with Crippen LogP contribution in [0.25, 0.3) is 22.3 Å². The summed E-state index contributed by atoms with van der Waals surface area (Å²) in [6.07, 6.45) is 6.11. The lowest BCUT2D eigenvalue weighted by atomic mass is 9.81. The molecule has 3 aromatic rings. The zero-order valence-electron chi connectivity index (χ0n) is 15.6. The molecule has 2 atom stereocenters. The van der Waals surface area contributed by atoms with Gasteiger partial charge in [0, 0.05) is 23.2 Å². The molecule has 0 bridgehead atoms. The number of fused-ring (bicyclic) bond motifs is 1. The number of para-hydroxylation sites is 1. The van der Waals surface area contributed by atoms with E-state index in [0.717, 1.165) is 53.5 Å². The number of anilines is 1. The van der Waals surface area contributed by atoms with Crippen LogP contribution in [0, 0.1) is 13.8 Å². The second-order valence-electron chi connectivity index (χ2n) is 7.89. The molecule has 0 spiro atoms. The molecule has 0 radical (unpaired) electrons. The number of benzene rings is 1. The van der Waals surface area contributed by atoms with Gasteiger partial charge in [-0.3, -0.25) is 5.10 Å². The van der Waals surface area contributed by atoms with E-state index in [0.29, 0.717) is 12.0 Å². The fourth-order valence-electron chi connectivity index (χ4n) is 3.94. The molecule has 4 rings (SSSR count). The average Bonchev–Trinajstić information content (AvgIpc) is 3.01. The highest BCUT2D eigenvalue weighted by Crippen LogP contribution is 2.30. The SMILES string of the molecule is Cc1cnc(N[C@@H]2CCC[C@](C)(N)C2)nc1-c1n[nH]c2c(C)cccc12. The van der Waals surface area contributed by atoms with Gasteiger partial charge in [0.05, 0.1) is 11.2 Å². The maximum atomic E-state index is 6.33. The van der Waals surface area contributed by atoms with Crippen molar-refractivity contribution in [2.45, 2.75) is 58.0 Å². The quantitative estimate of drug-likeness (QED) is 0.670. The maximum absolute atomic E-state index is 6.33. The first kappa shape index (κ1) is 17.0. The summed E-state index contributed by atoms with van der Waals surface area (Å²) < 4.78 is 0. The number of aromatic nitrogens is 4. The molecule has 2 heterocycles. The molecule has 4 N–H and O–H groups in total. The normalized spacial score (nSPS) is 23.3. The molecule has 6 nitrogen and oxygen atoms in total. The molecule has 0 unspecified atom stereocenters. The van der Waals surface area contributed by atoms with Crippen LogP contribution in [0.1, 0.15) is 43.7 Å². The summed E-state index contributed by atoms with van der Waals surface area (Å²) in [5.74, 6) is 0.650. The molecular formula is C20H26N6. The first-order valence-corrected chi connectivity index (χ1v) is 9.26. The summed E-state index contributed by atoms with van der Waals surface area (Å²) in [6, 6.07) is 6.53. The van der Waals surface area contributed by atoms with Crippen molar-refractivity contribution >= 4 is 16.9 Å². The fraction of sp³-hybridized carbons (Fsp3) is 0.450. The van der Waals surface area contributed by atoms with Gasteiger partial charge in [-0.15, -0.1) is 0 Å². The van der Waals surface area contributed by atoms with Crippen LogP contribution < -0.4 is 11.1 Å². The Labute approximate surface area is 153 Å². The summed E-state index contributed by atoms with van der Waals surface area (Å²) in [4.78, 5) is 9.28. The van der Waals surface area contributed by atoms with E-state index in [4.69, 9.17) is 10.7 Å². The molecular weight excluding hydrogens is 324 g/mol. The minimum Gasteiger partial charge on any atom is -0.351 e. The van der Waals surface area contributed by atoms with Gasteiger partial charge in [0.25, 0.3) is 0 Å². The van der Waals surface area contributed by atoms with Crippen LogP contribution in [0.3, 0.4) is 0 Å². The van der Waals surface area contributed by atoms with Crippen LogP contribution in [0.4, 0.5) is 5.95 Å². The smallest absolute Gasteiger partial charge is 0.223 e. The molecule has 1 aliphatic rings. The van der Waals surface area contributed by atoms with Gasteiger partial charge in [-0.2, -0.15) is 5.10 Å². The van der Waals surface area contributed by atoms with Gasteiger partial charge in [0.1, 0.15) is 5.69 Å². The second kappa shape index (κ2) is 6.36. The molecule has 1 aliphatic carbocycles. The molecule has 0 amide bonds. The van der Waals surface area contributed by atoms with Crippen LogP contribution in [-0.2, 0) is 0 Å². The van der Waals surface area contributed by atoms with Crippen LogP contribution in [0.5, 0.6) is 0 Å². The van der Waals surface area contributed by atoms with Gasteiger partial charge in [-0.05, 0) is 57.6 Å². The van der Waals surface area contributed by atoms with E-state index in [-0.39, 0.29) is 5.54 Å². The average molecular weight is 350 g/mol. The van der Waals surface area contributed by atoms with E-state index in [1.165, 1.54) is 5.56 Å². The van der Waals surface area contributed by atoms with Gasteiger partial charge in [-0.25, -0.2) is 9.97 Å². The molecule has 0 aliphatic heterocycles. The second-order valence-corrected chi connectivity index (χ2v) is 7.89. The predicted octanol–water partition coefficient (Wildman–Crippen LogP) is 3.71. The molecule has 6 heteroatoms. The molecule has 136 valence electrons. The molecule has 1 saturated carbocycles. The number of nitrogens with two attached hydrogens (primary N) is 1. The Morgan fingerprint density at radius 3 is 2.88 bits per heavy atom. The van der Waals surface area contributed by atoms with Gasteiger partial charge >= 0.3 is 0 Å². The van der Waals surface area contributed by atoms with Gasteiger partial charge in [-0.1, -0.05) is 18.2 Å². The number of nitrogens with one attached hydrogen (secondary N) is 2. The van der Waals surface area contributed by atoms with Gasteiger partial charge in [0.15, 0.2) is 0 Å². The van der Waals surface area contributed by atoms with Gasteiger partial charge < -0.3 is 11.1 Å². The maximum Gasteiger partial charge on any atom is 0.223 e. The van der Waals surface area contributed by atoms with E-state index < -0.39 is 0 Å². The first-order chi connectivity index (χ1) is 12.4. The number of aryl methyl sites for hydroxylation is 2. The Hall–Kier alpha value is -2.47. The Kier molecular flexibility index (Phi) is 4.15. The molecule has 1 fully saturated rings. The molecule has 26 heavy (non-hydrogen) atoms. The summed E-state index contributed by atoms with van der Waals surface area (Å²) >= 11 is 0. The number of nitrogens with zero attached hydrogens (tertiary/aromatic N) is 3. The topological polar surface area (TPSA) is 92.5 Å². The van der Waals surface area contributed by atoms with Crippen molar-refractivity contribution < 1.29 is 0 Å². The summed E-state index contributed by atoms with van der Waals surface area (Å²) in [5.41, 5.74) is 11.2. The third kappa shape index (κ3) is 3.17. The van der Waals surface area contributed by atoms with E-state index in [1.807, 2.05) is 13.1 Å². The summed E-state index contributed by atoms with van der Waals surface area (Å²) in [5, 5.41) is 12.3. The minimum absolute atomic E-state index is 0.112. The largest absolute Gasteiger partial charge is 0.351 e. The number of rotatable bonds is 3. The van der Waals surface area contributed by atoms with Crippen molar-refractivity contribution in [1.29, 1.82) is 0 Å². The van der Waals surface area contributed by atoms with Crippen molar-refractivity contribution in [1.82, 2.24) is 20.2 Å². The summed E-state index contributed by atoms with van der Waals surface area (Å²) in [7, 11) is 0. The Bertz CT molecular complexity index is 943. The molecule has 0 saturated heterocycles. The predicted molar refractivity (Wildman–Crippen MR) is 105 cm³/mol. The Morgan fingerprint density at radius 1 is 1.23 bits per heavy atom. The number of hydrogen-bond acceptors (Lipinski definition) is 5. The highest BCUT2D eigenvalue weighted by molar-refractivity contribution is 5.94. The van der Waals surface area contributed by atoms with E-state index in [9.17, 15) is 0 Å². The van der Waals surface area contributed by atoms with Crippen molar-refractivity contribution in [3.8, 4) is 11.4 Å². The van der Waals surface area contributed by atoms with Crippen molar-refractivity contribution in [2.24, 2.45) is 5.73 Å². The third-order valence-electron chi connectivity index (χ3n) is 5.35. The van der Waals surface area contributed by atoms with Crippen LogP contribution in [0.15, 0.2) is 24.4 Å². The third-order valence-corrected chi connectivity index (χ3v) is 5.35. The zero-order chi connectivity index (χ0) is 18.3. The van der Waals surface area contributed by atoms with Crippen LogP contribution in [-0.4, -0.2) is 31.7 Å². The lowest BCUT2D eigenvalue weighted by molar-refractivity contribution is 0.302. The minimum atomic E-state index is -0.112. The van der Waals surface area contributed by atoms with Crippen LogP contribution in [0.2, 0.25) is 0 Å². The van der Waals surface area contributed by atoms with E-state index in [2.05, 4.69) is 52.5 Å². The highest BCUT2D eigenvalue weighted by Gasteiger charge is 2.29. The lowest BCUT2D eigenvalue weighted by Crippen LogP contribution is -2.45. The number of H-pyrrole nitrogens is 1. The Balaban J connectivity index is 1.67. The standard InChI is InChI=1S/C20H26N6/c1-12-6-4-8-15-16(12)25-26-18(15)17-13(2)11-22-19(24-17)23-14-7-5-9-20(3,21)10-14/h4,6,8,11,14H,5,7,9-10,21H2,1-3H3,(H,25,26)(H,22,23,24)/t14-,20+/m1/s1.